The van der Waals surface area contributed by atoms with Gasteiger partial charge in [-0.15, -0.1) is 5.10 Å². The molecule has 0 spiro atoms. The van der Waals surface area contributed by atoms with Crippen molar-refractivity contribution in [3.05, 3.63) is 35.3 Å². The molecule has 0 aliphatic rings. The van der Waals surface area contributed by atoms with E-state index < -0.39 is 0 Å². The second-order valence-electron chi connectivity index (χ2n) is 3.78. The minimum absolute atomic E-state index is 0.281. The molecule has 1 N–H and O–H groups in total. The molecule has 1 aromatic carbocycles. The number of nitrogens with one attached hydrogen (secondary N) is 1. The van der Waals surface area contributed by atoms with Crippen molar-refractivity contribution in [1.29, 1.82) is 0 Å². The van der Waals surface area contributed by atoms with Crippen LogP contribution in [0, 0.1) is 12.7 Å². The Bertz CT molecular complexity index is 530. The number of halogens is 1. The predicted molar refractivity (Wildman–Crippen MR) is 69.5 cm³/mol. The number of aromatic nitrogens is 2. The molecule has 0 aliphatic heterocycles. The van der Waals surface area contributed by atoms with Crippen LogP contribution >= 0.6 is 11.5 Å². The number of rotatable bonds is 5. The van der Waals surface area contributed by atoms with Crippen molar-refractivity contribution in [2.45, 2.75) is 20.5 Å². The van der Waals surface area contributed by atoms with Crippen molar-refractivity contribution in [2.24, 2.45) is 0 Å². The Balaban J connectivity index is 2.06. The van der Waals surface area contributed by atoms with E-state index in [4.69, 9.17) is 4.74 Å². The van der Waals surface area contributed by atoms with E-state index in [0.717, 1.165) is 22.8 Å². The number of benzene rings is 1. The average Bonchev–Trinajstić information content (AvgIpc) is 2.78. The van der Waals surface area contributed by atoms with E-state index in [1.165, 1.54) is 23.7 Å². The Kier molecular flexibility index (Phi) is 4.09. The molecule has 0 atom stereocenters. The molecule has 0 saturated carbocycles. The smallest absolute Gasteiger partial charge is 0.136 e. The lowest BCUT2D eigenvalue weighted by Crippen LogP contribution is -2.03. The van der Waals surface area contributed by atoms with Gasteiger partial charge in [0.25, 0.3) is 0 Å². The fraction of sp³-hybridized carbons (Fsp3) is 0.333. The van der Waals surface area contributed by atoms with Crippen LogP contribution in [0.15, 0.2) is 18.2 Å². The van der Waals surface area contributed by atoms with E-state index in [1.807, 2.05) is 13.8 Å². The monoisotopic (exact) mass is 267 g/mol. The first kappa shape index (κ1) is 12.8. The second kappa shape index (κ2) is 5.77. The number of ether oxygens (including phenoxy) is 1. The average molecular weight is 267 g/mol. The zero-order chi connectivity index (χ0) is 13.0. The number of nitrogens with zero attached hydrogens (tertiary/aromatic N) is 2. The van der Waals surface area contributed by atoms with Crippen molar-refractivity contribution in [3.8, 4) is 5.75 Å². The molecule has 0 radical (unpaired) electrons. The molecule has 2 aromatic rings. The molecule has 1 aromatic heterocycles. The van der Waals surface area contributed by atoms with Crippen LogP contribution in [-0.4, -0.2) is 16.1 Å². The summed E-state index contributed by atoms with van der Waals surface area (Å²) in [5.41, 5.74) is 1.63. The van der Waals surface area contributed by atoms with Crippen molar-refractivity contribution in [1.82, 2.24) is 9.59 Å². The van der Waals surface area contributed by atoms with Crippen LogP contribution in [0.1, 0.15) is 18.2 Å². The first-order valence-corrected chi connectivity index (χ1v) is 6.42. The maximum Gasteiger partial charge on any atom is 0.136 e. The molecular weight excluding hydrogens is 253 g/mol. The van der Waals surface area contributed by atoms with Gasteiger partial charge in [0, 0.05) is 24.1 Å². The van der Waals surface area contributed by atoms with Gasteiger partial charge in [-0.2, -0.15) is 0 Å². The van der Waals surface area contributed by atoms with Gasteiger partial charge in [0.2, 0.25) is 0 Å². The number of hydrogen-bond donors (Lipinski definition) is 1. The largest absolute Gasteiger partial charge is 0.487 e. The zero-order valence-corrected chi connectivity index (χ0v) is 11.1. The lowest BCUT2D eigenvalue weighted by molar-refractivity contribution is 0.298. The summed E-state index contributed by atoms with van der Waals surface area (Å²) in [6.45, 7) is 4.96. The van der Waals surface area contributed by atoms with Crippen molar-refractivity contribution in [2.75, 3.05) is 11.9 Å². The first-order chi connectivity index (χ1) is 8.70. The fourth-order valence-corrected chi connectivity index (χ4v) is 2.11. The van der Waals surface area contributed by atoms with Crippen LogP contribution in [0.4, 0.5) is 9.39 Å². The number of hydrogen-bond acceptors (Lipinski definition) is 5. The van der Waals surface area contributed by atoms with E-state index in [0.29, 0.717) is 5.75 Å². The summed E-state index contributed by atoms with van der Waals surface area (Å²) in [4.78, 5) is 0. The standard InChI is InChI=1S/C12H14FN3OS/c1-3-14-12-10(15-16-18-12)7-17-11-6-9(13)5-4-8(11)2/h4-6,14H,3,7H2,1-2H3. The maximum atomic E-state index is 13.1. The molecule has 96 valence electrons. The third-order valence-electron chi connectivity index (χ3n) is 2.41. The molecule has 2 rings (SSSR count). The van der Waals surface area contributed by atoms with Crippen molar-refractivity contribution >= 4 is 16.5 Å². The topological polar surface area (TPSA) is 47.0 Å². The third kappa shape index (κ3) is 2.95. The van der Waals surface area contributed by atoms with E-state index in [-0.39, 0.29) is 12.4 Å². The number of anilines is 1. The van der Waals surface area contributed by atoms with Gasteiger partial charge in [-0.05, 0) is 25.5 Å². The highest BCUT2D eigenvalue weighted by Gasteiger charge is 2.09. The Hall–Kier alpha value is -1.69. The Morgan fingerprint density at radius 2 is 2.28 bits per heavy atom. The maximum absolute atomic E-state index is 13.1. The molecule has 0 bridgehead atoms. The Morgan fingerprint density at radius 1 is 1.44 bits per heavy atom. The van der Waals surface area contributed by atoms with Crippen LogP contribution in [0.25, 0.3) is 0 Å². The molecule has 0 saturated heterocycles. The molecule has 18 heavy (non-hydrogen) atoms. The third-order valence-corrected chi connectivity index (χ3v) is 3.13. The van der Waals surface area contributed by atoms with Crippen LogP contribution in [0.3, 0.4) is 0 Å². The Labute approximate surface area is 109 Å². The van der Waals surface area contributed by atoms with E-state index >= 15 is 0 Å². The molecule has 6 heteroatoms. The fourth-order valence-electron chi connectivity index (χ4n) is 1.47. The minimum Gasteiger partial charge on any atom is -0.487 e. The van der Waals surface area contributed by atoms with Crippen LogP contribution in [0.2, 0.25) is 0 Å². The van der Waals surface area contributed by atoms with Crippen molar-refractivity contribution < 1.29 is 9.13 Å². The van der Waals surface area contributed by atoms with Gasteiger partial charge in [0.1, 0.15) is 28.9 Å². The van der Waals surface area contributed by atoms with E-state index in [9.17, 15) is 4.39 Å². The van der Waals surface area contributed by atoms with Crippen LogP contribution < -0.4 is 10.1 Å². The summed E-state index contributed by atoms with van der Waals surface area (Å²) in [6.07, 6.45) is 0. The van der Waals surface area contributed by atoms with Gasteiger partial charge >= 0.3 is 0 Å². The SMILES string of the molecule is CCNc1snnc1COc1cc(F)ccc1C. The van der Waals surface area contributed by atoms with Gasteiger partial charge in [0.05, 0.1) is 0 Å². The van der Waals surface area contributed by atoms with Gasteiger partial charge in [-0.3, -0.25) is 0 Å². The van der Waals surface area contributed by atoms with Gasteiger partial charge < -0.3 is 10.1 Å². The van der Waals surface area contributed by atoms with Crippen LogP contribution in [0.5, 0.6) is 5.75 Å². The summed E-state index contributed by atoms with van der Waals surface area (Å²) in [6, 6.07) is 4.48. The molecule has 1 heterocycles. The molecule has 4 nitrogen and oxygen atoms in total. The predicted octanol–water partition coefficient (Wildman–Crippen LogP) is 3.00. The molecule has 0 amide bonds. The van der Waals surface area contributed by atoms with Gasteiger partial charge in [-0.25, -0.2) is 4.39 Å². The van der Waals surface area contributed by atoms with E-state index in [2.05, 4.69) is 14.9 Å². The summed E-state index contributed by atoms with van der Waals surface area (Å²) in [5.74, 6) is 0.226. The summed E-state index contributed by atoms with van der Waals surface area (Å²) >= 11 is 1.29. The molecule has 0 unspecified atom stereocenters. The second-order valence-corrected chi connectivity index (χ2v) is 4.53. The van der Waals surface area contributed by atoms with Crippen molar-refractivity contribution in [3.63, 3.8) is 0 Å². The molecule has 0 fully saturated rings. The van der Waals surface area contributed by atoms with Gasteiger partial charge in [-0.1, -0.05) is 10.6 Å². The summed E-state index contributed by atoms with van der Waals surface area (Å²) in [5, 5.41) is 8.04. The first-order valence-electron chi connectivity index (χ1n) is 5.64. The Morgan fingerprint density at radius 3 is 3.06 bits per heavy atom. The lowest BCUT2D eigenvalue weighted by Gasteiger charge is -2.08. The quantitative estimate of drug-likeness (QED) is 0.904. The lowest BCUT2D eigenvalue weighted by atomic mass is 10.2. The highest BCUT2D eigenvalue weighted by Crippen LogP contribution is 2.23. The zero-order valence-electron chi connectivity index (χ0n) is 10.2. The number of aryl methyl sites for hydroxylation is 1. The van der Waals surface area contributed by atoms with E-state index in [1.54, 1.807) is 6.07 Å². The molecular formula is C12H14FN3OS. The minimum atomic E-state index is -0.307. The highest BCUT2D eigenvalue weighted by molar-refractivity contribution is 7.10. The molecule has 0 aliphatic carbocycles. The summed E-state index contributed by atoms with van der Waals surface area (Å²) in [7, 11) is 0. The van der Waals surface area contributed by atoms with Crippen LogP contribution in [-0.2, 0) is 6.61 Å². The van der Waals surface area contributed by atoms with Gasteiger partial charge in [0.15, 0.2) is 0 Å². The summed E-state index contributed by atoms with van der Waals surface area (Å²) < 4.78 is 22.5. The highest BCUT2D eigenvalue weighted by atomic mass is 32.1. The normalized spacial score (nSPS) is 10.4.